The van der Waals surface area contributed by atoms with Gasteiger partial charge in [-0.15, -0.1) is 0 Å². The molecule has 1 N–H and O–H groups in total. The minimum Gasteiger partial charge on any atom is -0.478 e. The molecule has 1 atom stereocenters. The minimum absolute atomic E-state index is 0.307. The molecule has 0 bridgehead atoms. The molecular weight excluding hydrogens is 212 g/mol. The SMILES string of the molecule is CCCCC(C)C=C(C(=O)O)c1ccccc1. The van der Waals surface area contributed by atoms with Crippen LogP contribution in [0.25, 0.3) is 5.57 Å². The van der Waals surface area contributed by atoms with Crippen molar-refractivity contribution >= 4 is 11.5 Å². The van der Waals surface area contributed by atoms with Crippen molar-refractivity contribution in [3.05, 3.63) is 42.0 Å². The van der Waals surface area contributed by atoms with E-state index >= 15 is 0 Å². The van der Waals surface area contributed by atoms with Gasteiger partial charge < -0.3 is 5.11 Å². The number of aliphatic carboxylic acids is 1. The van der Waals surface area contributed by atoms with Crippen LogP contribution in [0.2, 0.25) is 0 Å². The third kappa shape index (κ3) is 4.43. The van der Waals surface area contributed by atoms with Crippen LogP contribution < -0.4 is 0 Å². The largest absolute Gasteiger partial charge is 0.478 e. The molecule has 92 valence electrons. The van der Waals surface area contributed by atoms with E-state index in [9.17, 15) is 9.90 Å². The van der Waals surface area contributed by atoms with Gasteiger partial charge in [0.2, 0.25) is 0 Å². The number of allylic oxidation sites excluding steroid dienone is 1. The van der Waals surface area contributed by atoms with Gasteiger partial charge in [0.15, 0.2) is 0 Å². The van der Waals surface area contributed by atoms with Crippen LogP contribution in [0, 0.1) is 5.92 Å². The van der Waals surface area contributed by atoms with Crippen molar-refractivity contribution in [2.45, 2.75) is 33.1 Å². The lowest BCUT2D eigenvalue weighted by Crippen LogP contribution is -2.02. The zero-order chi connectivity index (χ0) is 12.7. The van der Waals surface area contributed by atoms with Gasteiger partial charge in [-0.25, -0.2) is 4.79 Å². The van der Waals surface area contributed by atoms with Gasteiger partial charge in [-0.05, 0) is 17.9 Å². The minimum atomic E-state index is -0.848. The van der Waals surface area contributed by atoms with E-state index in [0.29, 0.717) is 11.5 Å². The van der Waals surface area contributed by atoms with Gasteiger partial charge >= 0.3 is 5.97 Å². The van der Waals surface area contributed by atoms with Crippen molar-refractivity contribution in [2.24, 2.45) is 5.92 Å². The molecule has 1 unspecified atom stereocenters. The Morgan fingerprint density at radius 2 is 2.00 bits per heavy atom. The molecule has 0 saturated heterocycles. The van der Waals surface area contributed by atoms with Crippen LogP contribution >= 0.6 is 0 Å². The van der Waals surface area contributed by atoms with Gasteiger partial charge in [-0.3, -0.25) is 0 Å². The summed E-state index contributed by atoms with van der Waals surface area (Å²) in [5.74, 6) is -0.541. The Morgan fingerprint density at radius 1 is 1.35 bits per heavy atom. The maximum Gasteiger partial charge on any atom is 0.335 e. The normalized spacial score (nSPS) is 13.4. The first-order chi connectivity index (χ1) is 8.15. The van der Waals surface area contributed by atoms with Crippen LogP contribution in [0.5, 0.6) is 0 Å². The van der Waals surface area contributed by atoms with Crippen molar-refractivity contribution in [3.63, 3.8) is 0 Å². The summed E-state index contributed by atoms with van der Waals surface area (Å²) in [7, 11) is 0. The summed E-state index contributed by atoms with van der Waals surface area (Å²) in [5.41, 5.74) is 1.19. The molecular formula is C15H20O2. The van der Waals surface area contributed by atoms with E-state index in [1.54, 1.807) is 0 Å². The van der Waals surface area contributed by atoms with Gasteiger partial charge in [0, 0.05) is 0 Å². The van der Waals surface area contributed by atoms with Crippen LogP contribution in [0.3, 0.4) is 0 Å². The van der Waals surface area contributed by atoms with Gasteiger partial charge in [-0.2, -0.15) is 0 Å². The average molecular weight is 232 g/mol. The molecule has 0 spiro atoms. The predicted octanol–water partition coefficient (Wildman–Crippen LogP) is 3.98. The fraction of sp³-hybridized carbons (Fsp3) is 0.400. The third-order valence-electron chi connectivity index (χ3n) is 2.78. The average Bonchev–Trinajstić information content (AvgIpc) is 2.34. The highest BCUT2D eigenvalue weighted by molar-refractivity contribution is 6.15. The molecule has 0 saturated carbocycles. The van der Waals surface area contributed by atoms with Crippen LogP contribution in [0.15, 0.2) is 36.4 Å². The summed E-state index contributed by atoms with van der Waals surface area (Å²) in [5, 5.41) is 9.23. The van der Waals surface area contributed by atoms with Gasteiger partial charge in [0.1, 0.15) is 0 Å². The van der Waals surface area contributed by atoms with Crippen molar-refractivity contribution in [2.75, 3.05) is 0 Å². The van der Waals surface area contributed by atoms with Gasteiger partial charge in [0.05, 0.1) is 5.57 Å². The zero-order valence-corrected chi connectivity index (χ0v) is 10.5. The van der Waals surface area contributed by atoms with Crippen LogP contribution in [0.4, 0.5) is 0 Å². The summed E-state index contributed by atoms with van der Waals surface area (Å²) in [6.07, 6.45) is 5.19. The molecule has 1 rings (SSSR count). The zero-order valence-electron chi connectivity index (χ0n) is 10.5. The number of benzene rings is 1. The molecule has 0 heterocycles. The fourth-order valence-corrected chi connectivity index (χ4v) is 1.80. The molecule has 2 nitrogen and oxygen atoms in total. The van der Waals surface area contributed by atoms with Crippen molar-refractivity contribution in [1.29, 1.82) is 0 Å². The standard InChI is InChI=1S/C15H20O2/c1-3-4-8-12(2)11-14(15(16)17)13-9-6-5-7-10-13/h5-7,9-12H,3-4,8H2,1-2H3,(H,16,17). The predicted molar refractivity (Wildman–Crippen MR) is 70.7 cm³/mol. The Morgan fingerprint density at radius 3 is 2.53 bits per heavy atom. The third-order valence-corrected chi connectivity index (χ3v) is 2.78. The second-order valence-corrected chi connectivity index (χ2v) is 4.37. The lowest BCUT2D eigenvalue weighted by molar-refractivity contribution is -0.130. The molecule has 0 fully saturated rings. The van der Waals surface area contributed by atoms with E-state index in [4.69, 9.17) is 0 Å². The molecule has 0 amide bonds. The second-order valence-electron chi connectivity index (χ2n) is 4.37. The monoisotopic (exact) mass is 232 g/mol. The molecule has 2 heteroatoms. The molecule has 0 radical (unpaired) electrons. The van der Waals surface area contributed by atoms with Gasteiger partial charge in [0.25, 0.3) is 0 Å². The van der Waals surface area contributed by atoms with Crippen LogP contribution in [0.1, 0.15) is 38.7 Å². The molecule has 0 aliphatic rings. The number of hydrogen-bond acceptors (Lipinski definition) is 1. The second kappa shape index (κ2) is 6.89. The Kier molecular flexibility index (Phi) is 5.47. The maximum absolute atomic E-state index is 11.2. The Labute approximate surface area is 103 Å². The fourth-order valence-electron chi connectivity index (χ4n) is 1.80. The highest BCUT2D eigenvalue weighted by Crippen LogP contribution is 2.19. The van der Waals surface area contributed by atoms with Crippen molar-refractivity contribution < 1.29 is 9.90 Å². The van der Waals surface area contributed by atoms with E-state index in [1.807, 2.05) is 36.4 Å². The van der Waals surface area contributed by atoms with Crippen molar-refractivity contribution in [3.8, 4) is 0 Å². The lowest BCUT2D eigenvalue weighted by Gasteiger charge is -2.08. The number of unbranched alkanes of at least 4 members (excludes halogenated alkanes) is 1. The Bertz CT molecular complexity index is 379. The van der Waals surface area contributed by atoms with E-state index in [0.717, 1.165) is 24.8 Å². The highest BCUT2D eigenvalue weighted by atomic mass is 16.4. The number of carboxylic acid groups (broad SMARTS) is 1. The summed E-state index contributed by atoms with van der Waals surface area (Å²) in [6, 6.07) is 9.30. The lowest BCUT2D eigenvalue weighted by atomic mass is 9.97. The summed E-state index contributed by atoms with van der Waals surface area (Å²) in [6.45, 7) is 4.22. The Balaban J connectivity index is 2.86. The quantitative estimate of drug-likeness (QED) is 0.753. The van der Waals surface area contributed by atoms with Gasteiger partial charge in [-0.1, -0.05) is 63.1 Å². The van der Waals surface area contributed by atoms with E-state index < -0.39 is 5.97 Å². The molecule has 1 aromatic carbocycles. The molecule has 0 aliphatic heterocycles. The summed E-state index contributed by atoms with van der Waals surface area (Å²) >= 11 is 0. The number of hydrogen-bond donors (Lipinski definition) is 1. The summed E-state index contributed by atoms with van der Waals surface area (Å²) in [4.78, 5) is 11.2. The molecule has 1 aromatic rings. The van der Waals surface area contributed by atoms with E-state index in [1.165, 1.54) is 0 Å². The molecule has 0 aliphatic carbocycles. The van der Waals surface area contributed by atoms with E-state index in [-0.39, 0.29) is 0 Å². The molecule has 0 aromatic heterocycles. The number of carboxylic acids is 1. The molecule has 17 heavy (non-hydrogen) atoms. The number of rotatable bonds is 6. The first-order valence-electron chi connectivity index (χ1n) is 6.15. The van der Waals surface area contributed by atoms with Crippen LogP contribution in [-0.2, 0) is 4.79 Å². The topological polar surface area (TPSA) is 37.3 Å². The maximum atomic E-state index is 11.2. The first kappa shape index (κ1) is 13.5. The van der Waals surface area contributed by atoms with Crippen molar-refractivity contribution in [1.82, 2.24) is 0 Å². The highest BCUT2D eigenvalue weighted by Gasteiger charge is 2.11. The summed E-state index contributed by atoms with van der Waals surface area (Å²) < 4.78 is 0. The Hall–Kier alpha value is -1.57. The first-order valence-corrected chi connectivity index (χ1v) is 6.15. The number of carbonyl (C=O) groups is 1. The van der Waals surface area contributed by atoms with Crippen LogP contribution in [-0.4, -0.2) is 11.1 Å². The smallest absolute Gasteiger partial charge is 0.335 e. The van der Waals surface area contributed by atoms with E-state index in [2.05, 4.69) is 13.8 Å².